The molecule has 1 unspecified atom stereocenters. The van der Waals surface area contributed by atoms with E-state index in [0.717, 1.165) is 36.1 Å². The van der Waals surface area contributed by atoms with Crippen molar-refractivity contribution in [2.24, 2.45) is 7.05 Å². The van der Waals surface area contributed by atoms with Gasteiger partial charge in [0.1, 0.15) is 11.4 Å². The number of ether oxygens (including phenoxy) is 2. The van der Waals surface area contributed by atoms with Crippen molar-refractivity contribution in [1.82, 2.24) is 9.88 Å². The smallest absolute Gasteiger partial charge is 0.268 e. The van der Waals surface area contributed by atoms with Crippen LogP contribution in [0.1, 0.15) is 23.3 Å². The number of aromatic nitrogens is 1. The maximum absolute atomic E-state index is 12.5. The lowest BCUT2D eigenvalue weighted by molar-refractivity contribution is 0.0620. The zero-order valence-corrected chi connectivity index (χ0v) is 12.4. The van der Waals surface area contributed by atoms with Crippen molar-refractivity contribution in [1.29, 1.82) is 0 Å². The van der Waals surface area contributed by atoms with Gasteiger partial charge in [0.2, 0.25) is 0 Å². The van der Waals surface area contributed by atoms with Gasteiger partial charge in [-0.15, -0.1) is 0 Å². The van der Waals surface area contributed by atoms with Gasteiger partial charge in [0, 0.05) is 19.0 Å². The van der Waals surface area contributed by atoms with Crippen LogP contribution in [0, 0.1) is 0 Å². The fraction of sp³-hybridized carbons (Fsp3) is 0.438. The monoisotopic (exact) mass is 288 g/mol. The van der Waals surface area contributed by atoms with E-state index in [-0.39, 0.29) is 11.9 Å². The van der Waals surface area contributed by atoms with Gasteiger partial charge in [0.25, 0.3) is 5.91 Å². The molecule has 0 aliphatic carbocycles. The second-order valence-electron chi connectivity index (χ2n) is 5.37. The number of hydrogen-bond donors (Lipinski definition) is 1. The second-order valence-corrected chi connectivity index (χ2v) is 5.37. The Balaban J connectivity index is 1.89. The first-order valence-electron chi connectivity index (χ1n) is 7.21. The summed E-state index contributed by atoms with van der Waals surface area (Å²) in [5, 5.41) is 4.00. The molecule has 0 bridgehead atoms. The van der Waals surface area contributed by atoms with Crippen LogP contribution in [0.3, 0.4) is 0 Å². The molecule has 5 heteroatoms. The van der Waals surface area contributed by atoms with E-state index in [0.29, 0.717) is 12.3 Å². The standard InChI is InChI=1S/C16H20N2O3/c1-18-13-6-3-7-15(20-2)12(13)9-14(18)16(19)17-11-5-4-8-21-10-11/h3,6-7,9,11H,4-5,8,10H2,1-2H3,(H,17,19). The van der Waals surface area contributed by atoms with Crippen LogP contribution >= 0.6 is 0 Å². The lowest BCUT2D eigenvalue weighted by atomic mass is 10.1. The zero-order valence-electron chi connectivity index (χ0n) is 12.4. The number of amides is 1. The summed E-state index contributed by atoms with van der Waals surface area (Å²) in [5.41, 5.74) is 1.62. The minimum Gasteiger partial charge on any atom is -0.496 e. The SMILES string of the molecule is COc1cccc2c1cc(C(=O)NC1CCCOC1)n2C. The Morgan fingerprint density at radius 3 is 3.05 bits per heavy atom. The Kier molecular flexibility index (Phi) is 3.84. The number of methoxy groups -OCH3 is 1. The summed E-state index contributed by atoms with van der Waals surface area (Å²) in [7, 11) is 3.54. The number of fused-ring (bicyclic) bond motifs is 1. The van der Waals surface area contributed by atoms with Gasteiger partial charge >= 0.3 is 0 Å². The third kappa shape index (κ3) is 2.61. The number of hydrogen-bond acceptors (Lipinski definition) is 3. The molecule has 2 aromatic rings. The number of benzene rings is 1. The summed E-state index contributed by atoms with van der Waals surface area (Å²) in [6, 6.07) is 7.80. The molecule has 3 rings (SSSR count). The van der Waals surface area contributed by atoms with Crippen molar-refractivity contribution in [2.75, 3.05) is 20.3 Å². The van der Waals surface area contributed by atoms with Gasteiger partial charge < -0.3 is 19.4 Å². The molecule has 1 atom stereocenters. The van der Waals surface area contributed by atoms with Gasteiger partial charge in [-0.25, -0.2) is 0 Å². The third-order valence-corrected chi connectivity index (χ3v) is 3.99. The number of aryl methyl sites for hydroxylation is 1. The first-order valence-corrected chi connectivity index (χ1v) is 7.21. The topological polar surface area (TPSA) is 52.5 Å². The van der Waals surface area contributed by atoms with Gasteiger partial charge in [-0.1, -0.05) is 6.07 Å². The van der Waals surface area contributed by atoms with E-state index in [4.69, 9.17) is 9.47 Å². The molecule has 0 spiro atoms. The first kappa shape index (κ1) is 13.9. The molecule has 1 saturated heterocycles. The van der Waals surface area contributed by atoms with Crippen LogP contribution in [-0.4, -0.2) is 36.8 Å². The zero-order chi connectivity index (χ0) is 14.8. The fourth-order valence-electron chi connectivity index (χ4n) is 2.84. The number of rotatable bonds is 3. The fourth-order valence-corrected chi connectivity index (χ4v) is 2.84. The minimum atomic E-state index is -0.0637. The van der Waals surface area contributed by atoms with Crippen LogP contribution < -0.4 is 10.1 Å². The van der Waals surface area contributed by atoms with E-state index in [1.165, 1.54) is 0 Å². The highest BCUT2D eigenvalue weighted by atomic mass is 16.5. The molecule has 0 radical (unpaired) electrons. The highest BCUT2D eigenvalue weighted by Crippen LogP contribution is 2.28. The summed E-state index contributed by atoms with van der Waals surface area (Å²) >= 11 is 0. The third-order valence-electron chi connectivity index (χ3n) is 3.99. The van der Waals surface area contributed by atoms with Gasteiger partial charge in [-0.05, 0) is 31.0 Å². The Morgan fingerprint density at radius 1 is 1.48 bits per heavy atom. The number of carbonyl (C=O) groups excluding carboxylic acids is 1. The van der Waals surface area contributed by atoms with Crippen molar-refractivity contribution >= 4 is 16.8 Å². The quantitative estimate of drug-likeness (QED) is 0.941. The molecule has 1 aliphatic heterocycles. The van der Waals surface area contributed by atoms with Crippen LogP contribution in [0.4, 0.5) is 0 Å². The Bertz CT molecular complexity index is 657. The first-order chi connectivity index (χ1) is 10.2. The highest BCUT2D eigenvalue weighted by Gasteiger charge is 2.20. The molecule has 1 aromatic carbocycles. The van der Waals surface area contributed by atoms with Crippen molar-refractivity contribution in [2.45, 2.75) is 18.9 Å². The van der Waals surface area contributed by atoms with Crippen LogP contribution in [0.15, 0.2) is 24.3 Å². The minimum absolute atomic E-state index is 0.0637. The molecule has 2 heterocycles. The van der Waals surface area contributed by atoms with Gasteiger partial charge in [0.05, 0.1) is 25.3 Å². The van der Waals surface area contributed by atoms with Crippen molar-refractivity contribution in [3.8, 4) is 5.75 Å². The molecular weight excluding hydrogens is 268 g/mol. The van der Waals surface area contributed by atoms with Crippen LogP contribution in [0.2, 0.25) is 0 Å². The molecule has 5 nitrogen and oxygen atoms in total. The Hall–Kier alpha value is -2.01. The largest absolute Gasteiger partial charge is 0.496 e. The number of carbonyl (C=O) groups is 1. The molecule has 1 fully saturated rings. The molecule has 1 aliphatic rings. The lowest BCUT2D eigenvalue weighted by Crippen LogP contribution is -2.41. The van der Waals surface area contributed by atoms with Crippen molar-refractivity contribution in [3.05, 3.63) is 30.0 Å². The average Bonchev–Trinajstić information content (AvgIpc) is 2.86. The van der Waals surface area contributed by atoms with Gasteiger partial charge in [-0.2, -0.15) is 0 Å². The summed E-state index contributed by atoms with van der Waals surface area (Å²) in [6.07, 6.45) is 1.97. The summed E-state index contributed by atoms with van der Waals surface area (Å²) in [5.74, 6) is 0.717. The summed E-state index contributed by atoms with van der Waals surface area (Å²) < 4.78 is 12.7. The molecular formula is C16H20N2O3. The summed E-state index contributed by atoms with van der Waals surface area (Å²) in [4.78, 5) is 12.5. The number of nitrogens with one attached hydrogen (secondary N) is 1. The summed E-state index contributed by atoms with van der Waals surface area (Å²) in [6.45, 7) is 1.39. The molecule has 0 saturated carbocycles. The van der Waals surface area contributed by atoms with E-state index < -0.39 is 0 Å². The van der Waals surface area contributed by atoms with Crippen molar-refractivity contribution in [3.63, 3.8) is 0 Å². The van der Waals surface area contributed by atoms with Gasteiger partial charge in [0.15, 0.2) is 0 Å². The lowest BCUT2D eigenvalue weighted by Gasteiger charge is -2.23. The maximum Gasteiger partial charge on any atom is 0.268 e. The van der Waals surface area contributed by atoms with E-state index in [2.05, 4.69) is 5.32 Å². The van der Waals surface area contributed by atoms with E-state index in [1.807, 2.05) is 35.9 Å². The van der Waals surface area contributed by atoms with Gasteiger partial charge in [-0.3, -0.25) is 4.79 Å². The average molecular weight is 288 g/mol. The van der Waals surface area contributed by atoms with E-state index in [1.54, 1.807) is 7.11 Å². The molecule has 21 heavy (non-hydrogen) atoms. The molecule has 1 aromatic heterocycles. The normalized spacial score (nSPS) is 18.7. The predicted molar refractivity (Wildman–Crippen MR) is 80.8 cm³/mol. The Labute approximate surface area is 123 Å². The molecule has 1 amide bonds. The van der Waals surface area contributed by atoms with Crippen LogP contribution in [0.5, 0.6) is 5.75 Å². The predicted octanol–water partition coefficient (Wildman–Crippen LogP) is 2.10. The molecule has 1 N–H and O–H groups in total. The molecule has 112 valence electrons. The maximum atomic E-state index is 12.5. The van der Waals surface area contributed by atoms with E-state index in [9.17, 15) is 4.79 Å². The van der Waals surface area contributed by atoms with Crippen LogP contribution in [0.25, 0.3) is 10.9 Å². The highest BCUT2D eigenvalue weighted by molar-refractivity contribution is 6.00. The number of nitrogens with zero attached hydrogens (tertiary/aromatic N) is 1. The second kappa shape index (κ2) is 5.77. The van der Waals surface area contributed by atoms with E-state index >= 15 is 0 Å². The van der Waals surface area contributed by atoms with Crippen LogP contribution in [-0.2, 0) is 11.8 Å². The van der Waals surface area contributed by atoms with Crippen molar-refractivity contribution < 1.29 is 14.3 Å². The Morgan fingerprint density at radius 2 is 2.33 bits per heavy atom.